The average molecular weight is 362 g/mol. The zero-order valence-corrected chi connectivity index (χ0v) is 15.7. The summed E-state index contributed by atoms with van der Waals surface area (Å²) in [5, 5.41) is 1.33. The smallest absolute Gasteiger partial charge is 0.192 e. The molecule has 2 heterocycles. The van der Waals surface area contributed by atoms with Crippen LogP contribution in [0.4, 0.5) is 0 Å². The van der Waals surface area contributed by atoms with E-state index in [1.54, 1.807) is 0 Å². The Kier molecular flexibility index (Phi) is 4.14. The van der Waals surface area contributed by atoms with Crippen LogP contribution in [-0.4, -0.2) is 9.97 Å². The highest BCUT2D eigenvalue weighted by Crippen LogP contribution is 2.24. The SMILES string of the molecule is O=c1c2c([nH]c3cc4[nH]c5c(c(=O)c4cc13)CCCCC5)CCCCCC2. The van der Waals surface area contributed by atoms with Gasteiger partial charge in [0.1, 0.15) is 0 Å². The van der Waals surface area contributed by atoms with E-state index in [4.69, 9.17) is 0 Å². The van der Waals surface area contributed by atoms with Crippen LogP contribution in [0.15, 0.2) is 21.7 Å². The van der Waals surface area contributed by atoms with Crippen molar-refractivity contribution >= 4 is 21.8 Å². The number of H-pyrrole nitrogens is 2. The fraction of sp³-hybridized carbons (Fsp3) is 0.478. The molecule has 2 N–H and O–H groups in total. The van der Waals surface area contributed by atoms with Gasteiger partial charge in [-0.25, -0.2) is 0 Å². The second-order valence-electron chi connectivity index (χ2n) is 8.24. The Morgan fingerprint density at radius 2 is 1.00 bits per heavy atom. The molecule has 0 bridgehead atoms. The Bertz CT molecular complexity index is 1150. The second kappa shape index (κ2) is 6.66. The van der Waals surface area contributed by atoms with Gasteiger partial charge in [-0.2, -0.15) is 0 Å². The highest BCUT2D eigenvalue weighted by molar-refractivity contribution is 5.95. The Labute approximate surface area is 158 Å². The summed E-state index contributed by atoms with van der Waals surface area (Å²) in [5.41, 5.74) is 6.02. The number of nitrogens with one attached hydrogen (secondary N) is 2. The molecule has 27 heavy (non-hydrogen) atoms. The fourth-order valence-corrected chi connectivity index (χ4v) is 4.95. The molecule has 0 saturated carbocycles. The number of aromatic nitrogens is 2. The first-order chi connectivity index (χ1) is 13.2. The van der Waals surface area contributed by atoms with E-state index in [1.165, 1.54) is 19.3 Å². The summed E-state index contributed by atoms with van der Waals surface area (Å²) in [5.74, 6) is 0. The molecule has 4 heteroatoms. The molecular weight excluding hydrogens is 336 g/mol. The predicted octanol–water partition coefficient (Wildman–Crippen LogP) is 4.30. The molecule has 2 aliphatic carbocycles. The molecule has 0 radical (unpaired) electrons. The van der Waals surface area contributed by atoms with Gasteiger partial charge >= 0.3 is 0 Å². The largest absolute Gasteiger partial charge is 0.358 e. The summed E-state index contributed by atoms with van der Waals surface area (Å²) in [7, 11) is 0. The van der Waals surface area contributed by atoms with E-state index < -0.39 is 0 Å². The molecule has 140 valence electrons. The lowest BCUT2D eigenvalue weighted by Crippen LogP contribution is -2.18. The molecule has 0 amide bonds. The van der Waals surface area contributed by atoms with Gasteiger partial charge in [0.25, 0.3) is 0 Å². The standard InChI is InChI=1S/C23H26N2O2/c26-22-14-8-4-1-2-6-10-18(14)24-20-13-21-17(12-16(20)22)23(27)15-9-5-3-7-11-19(15)25-21/h12-13H,1-11H2,(H,24,26)(H,25,27). The molecule has 2 aliphatic rings. The number of benzene rings is 1. The van der Waals surface area contributed by atoms with Crippen molar-refractivity contribution in [3.8, 4) is 0 Å². The van der Waals surface area contributed by atoms with Gasteiger partial charge in [-0.1, -0.05) is 19.3 Å². The van der Waals surface area contributed by atoms with Gasteiger partial charge in [-0.3, -0.25) is 9.59 Å². The van der Waals surface area contributed by atoms with Crippen LogP contribution < -0.4 is 10.9 Å². The molecule has 0 fully saturated rings. The van der Waals surface area contributed by atoms with Gasteiger partial charge in [0.05, 0.1) is 11.0 Å². The van der Waals surface area contributed by atoms with Crippen LogP contribution >= 0.6 is 0 Å². The van der Waals surface area contributed by atoms with Gasteiger partial charge in [-0.05, 0) is 63.5 Å². The highest BCUT2D eigenvalue weighted by atomic mass is 16.1. The number of aromatic amines is 2. The molecule has 1 aromatic carbocycles. The lowest BCUT2D eigenvalue weighted by Gasteiger charge is -2.15. The number of pyridine rings is 2. The van der Waals surface area contributed by atoms with Crippen LogP contribution in [0.3, 0.4) is 0 Å². The Morgan fingerprint density at radius 3 is 1.52 bits per heavy atom. The normalized spacial score (nSPS) is 17.8. The third kappa shape index (κ3) is 2.82. The fourth-order valence-electron chi connectivity index (χ4n) is 4.95. The van der Waals surface area contributed by atoms with E-state index in [0.29, 0.717) is 10.8 Å². The van der Waals surface area contributed by atoms with E-state index >= 15 is 0 Å². The molecule has 2 aromatic heterocycles. The first kappa shape index (κ1) is 16.8. The molecule has 5 rings (SSSR count). The lowest BCUT2D eigenvalue weighted by molar-refractivity contribution is 0.608. The Balaban J connectivity index is 1.79. The van der Waals surface area contributed by atoms with E-state index in [1.807, 2.05) is 12.1 Å². The third-order valence-corrected chi connectivity index (χ3v) is 6.45. The van der Waals surface area contributed by atoms with Crippen molar-refractivity contribution in [1.82, 2.24) is 9.97 Å². The zero-order chi connectivity index (χ0) is 18.4. The monoisotopic (exact) mass is 362 g/mol. The molecule has 0 saturated heterocycles. The lowest BCUT2D eigenvalue weighted by atomic mass is 9.95. The summed E-state index contributed by atoms with van der Waals surface area (Å²) >= 11 is 0. The molecule has 4 nitrogen and oxygen atoms in total. The predicted molar refractivity (Wildman–Crippen MR) is 110 cm³/mol. The first-order valence-electron chi connectivity index (χ1n) is 10.5. The second-order valence-corrected chi connectivity index (χ2v) is 8.24. The van der Waals surface area contributed by atoms with Crippen LogP contribution in [-0.2, 0) is 25.7 Å². The van der Waals surface area contributed by atoms with Crippen molar-refractivity contribution in [2.24, 2.45) is 0 Å². The zero-order valence-electron chi connectivity index (χ0n) is 15.7. The molecular formula is C23H26N2O2. The Morgan fingerprint density at radius 1 is 0.556 bits per heavy atom. The van der Waals surface area contributed by atoms with Crippen molar-refractivity contribution in [1.29, 1.82) is 0 Å². The van der Waals surface area contributed by atoms with Crippen LogP contribution in [0.5, 0.6) is 0 Å². The molecule has 0 unspecified atom stereocenters. The minimum atomic E-state index is 0.119. The van der Waals surface area contributed by atoms with Gasteiger partial charge in [0.15, 0.2) is 10.9 Å². The molecule has 0 spiro atoms. The summed E-state index contributed by atoms with van der Waals surface area (Å²) in [6.07, 6.45) is 11.6. The summed E-state index contributed by atoms with van der Waals surface area (Å²) in [4.78, 5) is 33.4. The van der Waals surface area contributed by atoms with Crippen molar-refractivity contribution in [3.05, 3.63) is 55.1 Å². The molecule has 3 aromatic rings. The number of rotatable bonds is 0. The first-order valence-corrected chi connectivity index (χ1v) is 10.5. The number of hydrogen-bond donors (Lipinski definition) is 2. The van der Waals surface area contributed by atoms with Crippen LogP contribution in [0.25, 0.3) is 21.8 Å². The van der Waals surface area contributed by atoms with Crippen molar-refractivity contribution < 1.29 is 0 Å². The highest BCUT2D eigenvalue weighted by Gasteiger charge is 2.18. The van der Waals surface area contributed by atoms with Crippen molar-refractivity contribution in [2.75, 3.05) is 0 Å². The van der Waals surface area contributed by atoms with Gasteiger partial charge in [0, 0.05) is 33.3 Å². The topological polar surface area (TPSA) is 65.7 Å². The van der Waals surface area contributed by atoms with E-state index in [-0.39, 0.29) is 10.9 Å². The van der Waals surface area contributed by atoms with Crippen LogP contribution in [0.1, 0.15) is 67.5 Å². The van der Waals surface area contributed by atoms with Gasteiger partial charge in [0.2, 0.25) is 0 Å². The van der Waals surface area contributed by atoms with E-state index in [9.17, 15) is 9.59 Å². The third-order valence-electron chi connectivity index (χ3n) is 6.45. The van der Waals surface area contributed by atoms with E-state index in [2.05, 4.69) is 9.97 Å². The Hall–Kier alpha value is -2.36. The minimum absolute atomic E-state index is 0.119. The maximum atomic E-state index is 13.2. The summed E-state index contributed by atoms with van der Waals surface area (Å²) in [6.45, 7) is 0. The van der Waals surface area contributed by atoms with Crippen LogP contribution in [0.2, 0.25) is 0 Å². The van der Waals surface area contributed by atoms with Crippen molar-refractivity contribution in [2.45, 2.75) is 70.6 Å². The van der Waals surface area contributed by atoms with Gasteiger partial charge < -0.3 is 9.97 Å². The van der Waals surface area contributed by atoms with Crippen molar-refractivity contribution in [3.63, 3.8) is 0 Å². The minimum Gasteiger partial charge on any atom is -0.358 e. The molecule has 0 atom stereocenters. The maximum absolute atomic E-state index is 13.2. The van der Waals surface area contributed by atoms with Gasteiger partial charge in [-0.15, -0.1) is 0 Å². The molecule has 0 aliphatic heterocycles. The summed E-state index contributed by atoms with van der Waals surface area (Å²) in [6, 6.07) is 3.82. The van der Waals surface area contributed by atoms with Crippen LogP contribution in [0, 0.1) is 0 Å². The maximum Gasteiger partial charge on any atom is 0.192 e. The summed E-state index contributed by atoms with van der Waals surface area (Å²) < 4.78 is 0. The number of fused-ring (bicyclic) bond motifs is 4. The number of aryl methyl sites for hydroxylation is 2. The average Bonchev–Trinajstić information content (AvgIpc) is 2.88. The quantitative estimate of drug-likeness (QED) is 0.463. The number of hydrogen-bond acceptors (Lipinski definition) is 2. The van der Waals surface area contributed by atoms with E-state index in [0.717, 1.165) is 84.9 Å².